The molecule has 0 bridgehead atoms. The lowest BCUT2D eigenvalue weighted by Gasteiger charge is -2.01. The van der Waals surface area contributed by atoms with E-state index in [-0.39, 0.29) is 5.82 Å². The van der Waals surface area contributed by atoms with Crippen molar-refractivity contribution >= 4 is 22.7 Å². The van der Waals surface area contributed by atoms with Crippen molar-refractivity contribution in [1.29, 1.82) is 0 Å². The quantitative estimate of drug-likeness (QED) is 0.515. The van der Waals surface area contributed by atoms with Crippen molar-refractivity contribution in [3.05, 3.63) is 30.3 Å². The molecule has 13 heavy (non-hydrogen) atoms. The molecule has 0 unspecified atom stereocenters. The Kier molecular flexibility index (Phi) is 2.14. The molecule has 0 radical (unpaired) electrons. The highest BCUT2D eigenvalue weighted by atomic mass is 32.2. The normalized spacial score (nSPS) is 10.6. The fraction of sp³-hybridized carbons (Fsp3) is 0.111. The molecule has 0 N–H and O–H groups in total. The summed E-state index contributed by atoms with van der Waals surface area (Å²) in [5.41, 5.74) is 0.391. The number of hydrogen-bond donors (Lipinski definition) is 0. The van der Waals surface area contributed by atoms with E-state index in [1.54, 1.807) is 6.07 Å². The smallest absolute Gasteiger partial charge is 0.149 e. The van der Waals surface area contributed by atoms with Crippen molar-refractivity contribution in [3.63, 3.8) is 0 Å². The second kappa shape index (κ2) is 3.30. The standard InChI is InChI=1S/C9H7FN2S/c1-13-9-6-3-2-4-7(10)8(6)11-5-12-9/h2-5H,1H3. The second-order valence-electron chi connectivity index (χ2n) is 2.52. The Morgan fingerprint density at radius 2 is 2.15 bits per heavy atom. The van der Waals surface area contributed by atoms with Crippen molar-refractivity contribution < 1.29 is 4.39 Å². The third-order valence-corrected chi connectivity index (χ3v) is 2.48. The minimum Gasteiger partial charge on any atom is -0.233 e. The van der Waals surface area contributed by atoms with Crippen LogP contribution >= 0.6 is 11.8 Å². The summed E-state index contributed by atoms with van der Waals surface area (Å²) in [5, 5.41) is 1.58. The summed E-state index contributed by atoms with van der Waals surface area (Å²) in [7, 11) is 0. The Morgan fingerprint density at radius 1 is 1.31 bits per heavy atom. The Labute approximate surface area is 79.2 Å². The van der Waals surface area contributed by atoms with Crippen LogP contribution in [0.25, 0.3) is 10.9 Å². The predicted molar refractivity (Wildman–Crippen MR) is 51.3 cm³/mol. The van der Waals surface area contributed by atoms with E-state index in [2.05, 4.69) is 9.97 Å². The van der Waals surface area contributed by atoms with Crippen molar-refractivity contribution in [1.82, 2.24) is 9.97 Å². The van der Waals surface area contributed by atoms with E-state index >= 15 is 0 Å². The van der Waals surface area contributed by atoms with Gasteiger partial charge in [-0.1, -0.05) is 6.07 Å². The molecular weight excluding hydrogens is 187 g/mol. The van der Waals surface area contributed by atoms with Gasteiger partial charge in [0.25, 0.3) is 0 Å². The lowest BCUT2D eigenvalue weighted by atomic mass is 10.2. The molecular formula is C9H7FN2S. The van der Waals surface area contributed by atoms with E-state index in [4.69, 9.17) is 0 Å². The molecule has 0 aliphatic heterocycles. The van der Waals surface area contributed by atoms with Crippen molar-refractivity contribution in [2.75, 3.05) is 6.26 Å². The van der Waals surface area contributed by atoms with E-state index in [1.807, 2.05) is 12.3 Å². The topological polar surface area (TPSA) is 25.8 Å². The van der Waals surface area contributed by atoms with E-state index in [0.29, 0.717) is 5.52 Å². The summed E-state index contributed by atoms with van der Waals surface area (Å²) in [6, 6.07) is 4.89. The van der Waals surface area contributed by atoms with Crippen LogP contribution in [0.1, 0.15) is 0 Å². The first kappa shape index (κ1) is 8.44. The maximum Gasteiger partial charge on any atom is 0.149 e. The zero-order valence-corrected chi connectivity index (χ0v) is 7.81. The summed E-state index contributed by atoms with van der Waals surface area (Å²) in [5.74, 6) is -0.296. The van der Waals surface area contributed by atoms with E-state index in [9.17, 15) is 4.39 Å². The molecule has 2 nitrogen and oxygen atoms in total. The molecule has 4 heteroatoms. The number of thioether (sulfide) groups is 1. The molecule has 0 saturated heterocycles. The number of halogens is 1. The van der Waals surface area contributed by atoms with Gasteiger partial charge in [-0.25, -0.2) is 14.4 Å². The minimum atomic E-state index is -0.296. The number of aromatic nitrogens is 2. The molecule has 2 aromatic rings. The van der Waals surface area contributed by atoms with Crippen LogP contribution in [0, 0.1) is 5.82 Å². The summed E-state index contributed by atoms with van der Waals surface area (Å²) in [6.07, 6.45) is 3.30. The number of para-hydroxylation sites is 1. The highest BCUT2D eigenvalue weighted by Crippen LogP contribution is 2.23. The first-order valence-corrected chi connectivity index (χ1v) is 4.98. The molecule has 0 fully saturated rings. The Hall–Kier alpha value is -1.16. The van der Waals surface area contributed by atoms with Gasteiger partial charge in [-0.2, -0.15) is 0 Å². The predicted octanol–water partition coefficient (Wildman–Crippen LogP) is 2.49. The number of benzene rings is 1. The van der Waals surface area contributed by atoms with Gasteiger partial charge >= 0.3 is 0 Å². The number of fused-ring (bicyclic) bond motifs is 1. The third-order valence-electron chi connectivity index (χ3n) is 1.77. The van der Waals surface area contributed by atoms with Crippen LogP contribution in [-0.2, 0) is 0 Å². The summed E-state index contributed by atoms with van der Waals surface area (Å²) >= 11 is 1.49. The van der Waals surface area contributed by atoms with Gasteiger partial charge in [-0.3, -0.25) is 0 Å². The maximum absolute atomic E-state index is 13.2. The van der Waals surface area contributed by atoms with E-state index in [1.165, 1.54) is 24.2 Å². The highest BCUT2D eigenvalue weighted by Gasteiger charge is 2.05. The lowest BCUT2D eigenvalue weighted by Crippen LogP contribution is -1.88. The molecule has 66 valence electrons. The van der Waals surface area contributed by atoms with Gasteiger partial charge in [0.2, 0.25) is 0 Å². The Morgan fingerprint density at radius 3 is 2.92 bits per heavy atom. The van der Waals surface area contributed by atoms with Gasteiger partial charge in [0.1, 0.15) is 22.7 Å². The van der Waals surface area contributed by atoms with Gasteiger partial charge in [0, 0.05) is 5.39 Å². The molecule has 1 heterocycles. The van der Waals surface area contributed by atoms with Crippen molar-refractivity contribution in [2.45, 2.75) is 5.03 Å². The Balaban J connectivity index is 2.84. The lowest BCUT2D eigenvalue weighted by molar-refractivity contribution is 0.636. The van der Waals surface area contributed by atoms with Crippen LogP contribution in [0.15, 0.2) is 29.6 Å². The Bertz CT molecular complexity index is 445. The third kappa shape index (κ3) is 1.37. The maximum atomic E-state index is 13.2. The fourth-order valence-electron chi connectivity index (χ4n) is 1.19. The molecule has 0 saturated carbocycles. The first-order valence-electron chi connectivity index (χ1n) is 3.76. The summed E-state index contributed by atoms with van der Waals surface area (Å²) in [4.78, 5) is 7.94. The molecule has 2 rings (SSSR count). The fourth-order valence-corrected chi connectivity index (χ4v) is 1.73. The van der Waals surface area contributed by atoms with Gasteiger partial charge in [-0.05, 0) is 18.4 Å². The number of nitrogens with zero attached hydrogens (tertiary/aromatic N) is 2. The number of hydrogen-bond acceptors (Lipinski definition) is 3. The average Bonchev–Trinajstić information content (AvgIpc) is 2.18. The molecule has 0 amide bonds. The monoisotopic (exact) mass is 194 g/mol. The molecule has 0 aliphatic carbocycles. The van der Waals surface area contributed by atoms with Crippen molar-refractivity contribution in [2.24, 2.45) is 0 Å². The van der Waals surface area contributed by atoms with Crippen LogP contribution in [-0.4, -0.2) is 16.2 Å². The zero-order valence-electron chi connectivity index (χ0n) is 6.99. The summed E-state index contributed by atoms with van der Waals surface area (Å²) in [6.45, 7) is 0. The van der Waals surface area contributed by atoms with Gasteiger partial charge in [0.15, 0.2) is 0 Å². The molecule has 0 spiro atoms. The van der Waals surface area contributed by atoms with Gasteiger partial charge < -0.3 is 0 Å². The van der Waals surface area contributed by atoms with Crippen LogP contribution in [0.4, 0.5) is 4.39 Å². The van der Waals surface area contributed by atoms with Gasteiger partial charge in [0.05, 0.1) is 0 Å². The van der Waals surface area contributed by atoms with Crippen LogP contribution < -0.4 is 0 Å². The molecule has 0 atom stereocenters. The summed E-state index contributed by atoms with van der Waals surface area (Å²) < 4.78 is 13.2. The molecule has 1 aromatic heterocycles. The molecule has 0 aliphatic rings. The SMILES string of the molecule is CSc1ncnc2c(F)cccc12. The van der Waals surface area contributed by atoms with E-state index < -0.39 is 0 Å². The van der Waals surface area contributed by atoms with E-state index in [0.717, 1.165) is 10.4 Å². The van der Waals surface area contributed by atoms with Gasteiger partial charge in [-0.15, -0.1) is 11.8 Å². The largest absolute Gasteiger partial charge is 0.233 e. The number of rotatable bonds is 1. The van der Waals surface area contributed by atoms with Crippen molar-refractivity contribution in [3.8, 4) is 0 Å². The highest BCUT2D eigenvalue weighted by molar-refractivity contribution is 7.98. The second-order valence-corrected chi connectivity index (χ2v) is 3.31. The van der Waals surface area contributed by atoms with Crippen LogP contribution in [0.3, 0.4) is 0 Å². The van der Waals surface area contributed by atoms with Crippen LogP contribution in [0.2, 0.25) is 0 Å². The molecule has 1 aromatic carbocycles. The first-order chi connectivity index (χ1) is 6.33. The minimum absolute atomic E-state index is 0.296. The average molecular weight is 194 g/mol. The van der Waals surface area contributed by atoms with Crippen LogP contribution in [0.5, 0.6) is 0 Å². The zero-order chi connectivity index (χ0) is 9.26.